The second kappa shape index (κ2) is 12.3. The molecule has 2 heterocycles. The second-order valence-corrected chi connectivity index (χ2v) is 9.90. The number of carbonyl (C=O) groups is 1. The van der Waals surface area contributed by atoms with Gasteiger partial charge in [0.25, 0.3) is 0 Å². The van der Waals surface area contributed by atoms with Gasteiger partial charge in [0.15, 0.2) is 0 Å². The second-order valence-electron chi connectivity index (χ2n) is 8.82. The summed E-state index contributed by atoms with van der Waals surface area (Å²) in [6.45, 7) is 12.3. The minimum absolute atomic E-state index is 0.164. The predicted molar refractivity (Wildman–Crippen MR) is 127 cm³/mol. The molecule has 0 bridgehead atoms. The van der Waals surface area contributed by atoms with Gasteiger partial charge in [-0.25, -0.2) is 5.84 Å². The molecule has 0 spiro atoms. The van der Waals surface area contributed by atoms with Gasteiger partial charge in [0.2, 0.25) is 5.91 Å². The number of unbranched alkanes of at least 4 members (excludes halogenated alkanes) is 1. The van der Waals surface area contributed by atoms with Crippen molar-refractivity contribution < 1.29 is 4.79 Å². The van der Waals surface area contributed by atoms with Crippen LogP contribution in [0.4, 0.5) is 5.69 Å². The van der Waals surface area contributed by atoms with Crippen LogP contribution in [0.15, 0.2) is 11.2 Å². The van der Waals surface area contributed by atoms with Gasteiger partial charge in [-0.1, -0.05) is 34.1 Å². The number of rotatable bonds is 11. The Labute approximate surface area is 185 Å². The minimum Gasteiger partial charge on any atom is -0.366 e. The molecular formula is C21H39N7OS. The van der Waals surface area contributed by atoms with Crippen molar-refractivity contribution in [3.63, 3.8) is 0 Å². The Morgan fingerprint density at radius 3 is 2.63 bits per heavy atom. The monoisotopic (exact) mass is 437 g/mol. The maximum Gasteiger partial charge on any atom is 0.234 e. The minimum atomic E-state index is -0.164. The van der Waals surface area contributed by atoms with Crippen LogP contribution in [-0.4, -0.2) is 52.2 Å². The molecule has 0 aromatic carbocycles. The molecule has 1 atom stereocenters. The highest BCUT2D eigenvalue weighted by Crippen LogP contribution is 2.31. The number of hydrogen-bond donors (Lipinski definition) is 3. The van der Waals surface area contributed by atoms with Gasteiger partial charge >= 0.3 is 0 Å². The first-order valence-corrected chi connectivity index (χ1v) is 12.0. The fourth-order valence-corrected chi connectivity index (χ4v) is 4.58. The number of anilines is 1. The zero-order valence-electron chi connectivity index (χ0n) is 18.9. The van der Waals surface area contributed by atoms with Gasteiger partial charge in [-0.3, -0.25) is 19.9 Å². The maximum absolute atomic E-state index is 11.6. The summed E-state index contributed by atoms with van der Waals surface area (Å²) in [6.07, 6.45) is 5.62. The SMILES string of the molecule is CC(C)CN1C[C@H](CCCCN)N=C(SCCC(=O)NN)c2nn(CC(C)C)cc21. The molecule has 1 aromatic heterocycles. The number of nitrogens with zero attached hydrogens (tertiary/aromatic N) is 4. The van der Waals surface area contributed by atoms with Crippen molar-refractivity contribution in [1.82, 2.24) is 15.2 Å². The summed E-state index contributed by atoms with van der Waals surface area (Å²) in [5.41, 5.74) is 9.99. The predicted octanol–water partition coefficient (Wildman–Crippen LogP) is 2.37. The number of hydrogen-bond acceptors (Lipinski definition) is 7. The summed E-state index contributed by atoms with van der Waals surface area (Å²) in [4.78, 5) is 19.1. The van der Waals surface area contributed by atoms with E-state index in [-0.39, 0.29) is 11.9 Å². The lowest BCUT2D eigenvalue weighted by Gasteiger charge is -2.27. The quantitative estimate of drug-likeness (QED) is 0.212. The van der Waals surface area contributed by atoms with Crippen LogP contribution in [0.5, 0.6) is 0 Å². The van der Waals surface area contributed by atoms with Crippen LogP contribution >= 0.6 is 11.8 Å². The summed E-state index contributed by atoms with van der Waals surface area (Å²) < 4.78 is 2.04. The van der Waals surface area contributed by atoms with Gasteiger partial charge in [-0.2, -0.15) is 5.10 Å². The van der Waals surface area contributed by atoms with Crippen molar-refractivity contribution in [2.24, 2.45) is 28.4 Å². The van der Waals surface area contributed by atoms with Gasteiger partial charge < -0.3 is 10.6 Å². The summed E-state index contributed by atoms with van der Waals surface area (Å²) in [6, 6.07) is 0.203. The van der Waals surface area contributed by atoms with Crippen molar-refractivity contribution in [2.75, 3.05) is 30.3 Å². The summed E-state index contributed by atoms with van der Waals surface area (Å²) in [5, 5.41) is 5.85. The van der Waals surface area contributed by atoms with Crippen molar-refractivity contribution in [3.8, 4) is 0 Å². The fourth-order valence-electron chi connectivity index (χ4n) is 3.59. The number of amides is 1. The molecule has 0 unspecified atom stereocenters. The third-order valence-electron chi connectivity index (χ3n) is 4.87. The smallest absolute Gasteiger partial charge is 0.234 e. The van der Waals surface area contributed by atoms with Gasteiger partial charge in [0.05, 0.1) is 11.7 Å². The Bertz CT molecular complexity index is 702. The molecule has 0 aliphatic carbocycles. The van der Waals surface area contributed by atoms with Crippen molar-refractivity contribution in [2.45, 2.75) is 66.0 Å². The highest BCUT2D eigenvalue weighted by Gasteiger charge is 2.28. The standard InChI is InChI=1S/C21H39N7OS/c1-15(2)11-27-13-17(7-5-6-9-22)24-21(30-10-8-19(29)25-23)20-18(27)14-28(26-20)12-16(3)4/h14-17H,5-13,22-23H2,1-4H3,(H,25,29)/t17-/m0/s1. The van der Waals surface area contributed by atoms with E-state index in [1.165, 1.54) is 0 Å². The van der Waals surface area contributed by atoms with E-state index in [2.05, 4.69) is 44.2 Å². The molecule has 0 saturated carbocycles. The Hall–Kier alpha value is -1.58. The van der Waals surface area contributed by atoms with Crippen molar-refractivity contribution >= 4 is 28.4 Å². The first-order valence-electron chi connectivity index (χ1n) is 11.1. The van der Waals surface area contributed by atoms with E-state index in [1.807, 2.05) is 4.68 Å². The molecule has 1 aromatic rings. The maximum atomic E-state index is 11.6. The highest BCUT2D eigenvalue weighted by molar-refractivity contribution is 8.14. The molecule has 170 valence electrons. The summed E-state index contributed by atoms with van der Waals surface area (Å²) in [5.74, 6) is 6.74. The highest BCUT2D eigenvalue weighted by atomic mass is 32.2. The van der Waals surface area contributed by atoms with Crippen LogP contribution in [0.25, 0.3) is 0 Å². The van der Waals surface area contributed by atoms with Crippen LogP contribution in [0.2, 0.25) is 0 Å². The molecule has 1 amide bonds. The Kier molecular flexibility index (Phi) is 10.1. The fraction of sp³-hybridized carbons (Fsp3) is 0.762. The Morgan fingerprint density at radius 2 is 2.00 bits per heavy atom. The molecule has 0 fully saturated rings. The van der Waals surface area contributed by atoms with Crippen LogP contribution in [0.3, 0.4) is 0 Å². The lowest BCUT2D eigenvalue weighted by Crippen LogP contribution is -2.34. The molecule has 5 N–H and O–H groups in total. The van der Waals surface area contributed by atoms with E-state index in [0.29, 0.717) is 30.6 Å². The van der Waals surface area contributed by atoms with Crippen LogP contribution in [0, 0.1) is 11.8 Å². The Morgan fingerprint density at radius 1 is 1.27 bits per heavy atom. The topological polar surface area (TPSA) is 115 Å². The molecule has 8 nitrogen and oxygen atoms in total. The van der Waals surface area contributed by atoms with E-state index < -0.39 is 0 Å². The third-order valence-corrected chi connectivity index (χ3v) is 5.86. The largest absolute Gasteiger partial charge is 0.366 e. The Balaban J connectivity index is 2.33. The van der Waals surface area contributed by atoms with E-state index >= 15 is 0 Å². The van der Waals surface area contributed by atoms with Gasteiger partial charge in [-0.05, 0) is 31.2 Å². The van der Waals surface area contributed by atoms with E-state index in [9.17, 15) is 4.79 Å². The zero-order chi connectivity index (χ0) is 22.1. The molecule has 1 aliphatic heterocycles. The average Bonchev–Trinajstić information content (AvgIpc) is 3.03. The van der Waals surface area contributed by atoms with Crippen LogP contribution in [0.1, 0.15) is 59.1 Å². The first kappa shape index (κ1) is 24.7. The lowest BCUT2D eigenvalue weighted by molar-refractivity contribution is -0.120. The zero-order valence-corrected chi connectivity index (χ0v) is 19.7. The number of hydrazine groups is 1. The molecule has 9 heteroatoms. The van der Waals surface area contributed by atoms with E-state index in [0.717, 1.165) is 55.3 Å². The van der Waals surface area contributed by atoms with Crippen molar-refractivity contribution in [3.05, 3.63) is 11.9 Å². The molecular weight excluding hydrogens is 398 g/mol. The molecule has 1 aliphatic rings. The van der Waals surface area contributed by atoms with Gasteiger partial charge in [-0.15, -0.1) is 11.8 Å². The number of thioether (sulfide) groups is 1. The first-order chi connectivity index (χ1) is 14.3. The lowest BCUT2D eigenvalue weighted by atomic mass is 10.1. The molecule has 0 saturated heterocycles. The molecule has 30 heavy (non-hydrogen) atoms. The molecule has 0 radical (unpaired) electrons. The normalized spacial score (nSPS) is 16.6. The van der Waals surface area contributed by atoms with E-state index in [4.69, 9.17) is 21.7 Å². The van der Waals surface area contributed by atoms with Crippen LogP contribution < -0.4 is 21.9 Å². The van der Waals surface area contributed by atoms with Crippen LogP contribution in [-0.2, 0) is 11.3 Å². The van der Waals surface area contributed by atoms with E-state index in [1.54, 1.807) is 11.8 Å². The molecule has 2 rings (SSSR count). The number of aromatic nitrogens is 2. The number of nitrogens with one attached hydrogen (secondary N) is 1. The number of carbonyl (C=O) groups excluding carboxylic acids is 1. The average molecular weight is 438 g/mol. The number of aliphatic imine (C=N–C) groups is 1. The summed E-state index contributed by atoms with van der Waals surface area (Å²) >= 11 is 1.60. The van der Waals surface area contributed by atoms with Gasteiger partial charge in [0.1, 0.15) is 10.7 Å². The number of fused-ring (bicyclic) bond motifs is 1. The summed E-state index contributed by atoms with van der Waals surface area (Å²) in [7, 11) is 0. The van der Waals surface area contributed by atoms with Crippen molar-refractivity contribution in [1.29, 1.82) is 0 Å². The third kappa shape index (κ3) is 7.59. The van der Waals surface area contributed by atoms with Gasteiger partial charge in [0, 0.05) is 38.0 Å². The number of nitrogens with two attached hydrogens (primary N) is 2.